The van der Waals surface area contributed by atoms with E-state index in [0.717, 1.165) is 23.5 Å². The molecule has 94 valence electrons. The molecule has 3 nitrogen and oxygen atoms in total. The molecular formula is C15H17NO2. The first-order chi connectivity index (χ1) is 8.78. The maximum absolute atomic E-state index is 6.24. The summed E-state index contributed by atoms with van der Waals surface area (Å²) in [7, 11) is 0. The third-order valence-electron chi connectivity index (χ3n) is 3.44. The molecule has 1 unspecified atom stereocenters. The molecule has 0 aliphatic carbocycles. The number of ether oxygens (including phenoxy) is 1. The fraction of sp³-hybridized carbons (Fsp3) is 0.333. The Hall–Kier alpha value is -1.58. The molecule has 2 N–H and O–H groups in total. The van der Waals surface area contributed by atoms with Gasteiger partial charge >= 0.3 is 0 Å². The van der Waals surface area contributed by atoms with Gasteiger partial charge in [-0.3, -0.25) is 0 Å². The first kappa shape index (κ1) is 11.5. The number of fused-ring (bicyclic) bond motifs is 1. The quantitative estimate of drug-likeness (QED) is 0.901. The van der Waals surface area contributed by atoms with Gasteiger partial charge in [-0.15, -0.1) is 0 Å². The summed E-state index contributed by atoms with van der Waals surface area (Å²) in [6.45, 7) is 3.47. The van der Waals surface area contributed by atoms with Gasteiger partial charge in [0, 0.05) is 6.42 Å². The van der Waals surface area contributed by atoms with Crippen molar-refractivity contribution in [3.63, 3.8) is 0 Å². The average molecular weight is 243 g/mol. The molecule has 1 atom stereocenters. The van der Waals surface area contributed by atoms with Gasteiger partial charge in [0.25, 0.3) is 0 Å². The van der Waals surface area contributed by atoms with Crippen LogP contribution in [-0.4, -0.2) is 0 Å². The normalized spacial score (nSPS) is 15.7. The topological polar surface area (TPSA) is 48.4 Å². The Balaban J connectivity index is 1.89. The lowest BCUT2D eigenvalue weighted by Crippen LogP contribution is -2.11. The van der Waals surface area contributed by atoms with Gasteiger partial charge < -0.3 is 14.9 Å². The standard InChI is InChI=1S/C15H17NO2/c1-2-13-5-6-14(18-13)15(16)10-3-4-11-8-17-9-12(11)7-10/h3-7,15H,2,8-9,16H2,1H3. The predicted octanol–water partition coefficient (Wildman–Crippen LogP) is 2.92. The molecule has 1 aliphatic rings. The predicted molar refractivity (Wildman–Crippen MR) is 69.1 cm³/mol. The van der Waals surface area contributed by atoms with Crippen LogP contribution in [-0.2, 0) is 24.4 Å². The summed E-state index contributed by atoms with van der Waals surface area (Å²) < 4.78 is 11.1. The van der Waals surface area contributed by atoms with Crippen molar-refractivity contribution in [1.29, 1.82) is 0 Å². The van der Waals surface area contributed by atoms with Gasteiger partial charge in [-0.2, -0.15) is 0 Å². The Morgan fingerprint density at radius 3 is 2.78 bits per heavy atom. The number of hydrogen-bond acceptors (Lipinski definition) is 3. The largest absolute Gasteiger partial charge is 0.464 e. The average Bonchev–Trinajstić information content (AvgIpc) is 3.05. The lowest BCUT2D eigenvalue weighted by atomic mass is 10.0. The maximum atomic E-state index is 6.24. The highest BCUT2D eigenvalue weighted by molar-refractivity contribution is 5.37. The zero-order chi connectivity index (χ0) is 12.5. The Bertz CT molecular complexity index is 559. The smallest absolute Gasteiger partial charge is 0.125 e. The number of rotatable bonds is 3. The molecule has 0 saturated carbocycles. The summed E-state index contributed by atoms with van der Waals surface area (Å²) in [6.07, 6.45) is 0.894. The lowest BCUT2D eigenvalue weighted by Gasteiger charge is -2.10. The van der Waals surface area contributed by atoms with Crippen LogP contribution < -0.4 is 5.73 Å². The van der Waals surface area contributed by atoms with E-state index in [1.165, 1.54) is 11.1 Å². The van der Waals surface area contributed by atoms with Crippen molar-refractivity contribution in [2.75, 3.05) is 0 Å². The van der Waals surface area contributed by atoms with Crippen LogP contribution in [0.1, 0.15) is 41.2 Å². The van der Waals surface area contributed by atoms with E-state index in [9.17, 15) is 0 Å². The van der Waals surface area contributed by atoms with E-state index in [1.54, 1.807) is 0 Å². The van der Waals surface area contributed by atoms with E-state index in [0.29, 0.717) is 13.2 Å². The second kappa shape index (κ2) is 4.59. The van der Waals surface area contributed by atoms with E-state index in [2.05, 4.69) is 25.1 Å². The minimum Gasteiger partial charge on any atom is -0.464 e. The Morgan fingerprint density at radius 2 is 2.00 bits per heavy atom. The minimum atomic E-state index is -0.198. The highest BCUT2D eigenvalue weighted by Gasteiger charge is 2.17. The van der Waals surface area contributed by atoms with Crippen molar-refractivity contribution in [1.82, 2.24) is 0 Å². The summed E-state index contributed by atoms with van der Waals surface area (Å²) in [6, 6.07) is 10.0. The van der Waals surface area contributed by atoms with E-state index in [-0.39, 0.29) is 6.04 Å². The first-order valence-electron chi connectivity index (χ1n) is 6.31. The fourth-order valence-electron chi connectivity index (χ4n) is 2.30. The molecule has 18 heavy (non-hydrogen) atoms. The molecule has 1 aromatic carbocycles. The highest BCUT2D eigenvalue weighted by atomic mass is 16.5. The zero-order valence-corrected chi connectivity index (χ0v) is 10.5. The van der Waals surface area contributed by atoms with Crippen molar-refractivity contribution < 1.29 is 9.15 Å². The van der Waals surface area contributed by atoms with Crippen LogP contribution >= 0.6 is 0 Å². The van der Waals surface area contributed by atoms with Crippen LogP contribution in [0.2, 0.25) is 0 Å². The molecule has 0 bridgehead atoms. The molecule has 1 aromatic heterocycles. The van der Waals surface area contributed by atoms with Crippen LogP contribution in [0.25, 0.3) is 0 Å². The molecule has 1 aliphatic heterocycles. The van der Waals surface area contributed by atoms with Crippen molar-refractivity contribution in [3.05, 3.63) is 58.5 Å². The Morgan fingerprint density at radius 1 is 1.17 bits per heavy atom. The maximum Gasteiger partial charge on any atom is 0.125 e. The third-order valence-corrected chi connectivity index (χ3v) is 3.44. The zero-order valence-electron chi connectivity index (χ0n) is 10.5. The van der Waals surface area contributed by atoms with Crippen molar-refractivity contribution in [2.24, 2.45) is 5.73 Å². The second-order valence-corrected chi connectivity index (χ2v) is 4.66. The molecule has 3 rings (SSSR count). The number of benzene rings is 1. The molecule has 0 fully saturated rings. The van der Waals surface area contributed by atoms with E-state index >= 15 is 0 Å². The molecule has 0 radical (unpaired) electrons. The van der Waals surface area contributed by atoms with Gasteiger partial charge in [-0.05, 0) is 28.8 Å². The fourth-order valence-corrected chi connectivity index (χ4v) is 2.30. The van der Waals surface area contributed by atoms with Crippen molar-refractivity contribution in [2.45, 2.75) is 32.6 Å². The first-order valence-corrected chi connectivity index (χ1v) is 6.31. The van der Waals surface area contributed by atoms with Gasteiger partial charge in [-0.1, -0.05) is 25.1 Å². The molecular weight excluding hydrogens is 226 g/mol. The Kier molecular flexibility index (Phi) is 2.94. The molecule has 2 aromatic rings. The van der Waals surface area contributed by atoms with E-state index in [1.807, 2.05) is 12.1 Å². The molecule has 2 heterocycles. The summed E-state index contributed by atoms with van der Waals surface area (Å²) in [5.74, 6) is 1.80. The molecule has 0 amide bonds. The minimum absolute atomic E-state index is 0.198. The van der Waals surface area contributed by atoms with E-state index < -0.39 is 0 Å². The van der Waals surface area contributed by atoms with Crippen molar-refractivity contribution >= 4 is 0 Å². The van der Waals surface area contributed by atoms with Crippen LogP contribution in [0.5, 0.6) is 0 Å². The second-order valence-electron chi connectivity index (χ2n) is 4.66. The van der Waals surface area contributed by atoms with Gasteiger partial charge in [0.1, 0.15) is 11.5 Å². The summed E-state index contributed by atoms with van der Waals surface area (Å²) in [5.41, 5.74) is 9.83. The van der Waals surface area contributed by atoms with Crippen LogP contribution in [0, 0.1) is 0 Å². The summed E-state index contributed by atoms with van der Waals surface area (Å²) in [5, 5.41) is 0. The van der Waals surface area contributed by atoms with Crippen LogP contribution in [0.4, 0.5) is 0 Å². The highest BCUT2D eigenvalue weighted by Crippen LogP contribution is 2.27. The van der Waals surface area contributed by atoms with Gasteiger partial charge in [0.15, 0.2) is 0 Å². The monoisotopic (exact) mass is 243 g/mol. The number of nitrogens with two attached hydrogens (primary N) is 1. The van der Waals surface area contributed by atoms with Crippen molar-refractivity contribution in [3.8, 4) is 0 Å². The SMILES string of the molecule is CCc1ccc(C(N)c2ccc3c(c2)COC3)o1. The Labute approximate surface area is 107 Å². The summed E-state index contributed by atoms with van der Waals surface area (Å²) >= 11 is 0. The van der Waals surface area contributed by atoms with Gasteiger partial charge in [-0.25, -0.2) is 0 Å². The van der Waals surface area contributed by atoms with E-state index in [4.69, 9.17) is 14.9 Å². The number of furan rings is 1. The van der Waals surface area contributed by atoms with Crippen LogP contribution in [0.15, 0.2) is 34.7 Å². The summed E-state index contributed by atoms with van der Waals surface area (Å²) in [4.78, 5) is 0. The molecule has 0 saturated heterocycles. The number of aryl methyl sites for hydroxylation is 1. The third kappa shape index (κ3) is 1.96. The molecule has 3 heteroatoms. The number of hydrogen-bond donors (Lipinski definition) is 1. The molecule has 0 spiro atoms. The van der Waals surface area contributed by atoms with Gasteiger partial charge in [0.2, 0.25) is 0 Å². The lowest BCUT2D eigenvalue weighted by molar-refractivity contribution is 0.134. The van der Waals surface area contributed by atoms with Crippen LogP contribution in [0.3, 0.4) is 0 Å². The van der Waals surface area contributed by atoms with Gasteiger partial charge in [0.05, 0.1) is 19.3 Å².